The van der Waals surface area contributed by atoms with Crippen LogP contribution in [0.2, 0.25) is 0 Å². The topological polar surface area (TPSA) is 79.4 Å². The van der Waals surface area contributed by atoms with Crippen LogP contribution in [0, 0.1) is 5.92 Å². The van der Waals surface area contributed by atoms with Crippen LogP contribution >= 0.6 is 23.1 Å². The smallest absolute Gasteiger partial charge is 0.230 e. The van der Waals surface area contributed by atoms with Crippen molar-refractivity contribution in [2.24, 2.45) is 5.92 Å². The highest BCUT2D eigenvalue weighted by Crippen LogP contribution is 2.28. The van der Waals surface area contributed by atoms with Gasteiger partial charge in [-0.1, -0.05) is 56.2 Å². The largest absolute Gasteiger partial charge is 0.374 e. The number of hydrogen-bond donors (Lipinski definition) is 2. The van der Waals surface area contributed by atoms with Crippen molar-refractivity contribution in [2.75, 3.05) is 43.9 Å². The Kier molecular flexibility index (Phi) is 8.82. The van der Waals surface area contributed by atoms with Crippen molar-refractivity contribution in [3.8, 4) is 0 Å². The zero-order valence-corrected chi connectivity index (χ0v) is 18.6. The minimum absolute atomic E-state index is 0.0200. The van der Waals surface area contributed by atoms with E-state index in [4.69, 9.17) is 4.74 Å². The fraction of sp³-hybridized carbons (Fsp3) is 0.842. The first-order valence-corrected chi connectivity index (χ1v) is 12.2. The van der Waals surface area contributed by atoms with Gasteiger partial charge >= 0.3 is 0 Å². The number of amides is 1. The van der Waals surface area contributed by atoms with Crippen molar-refractivity contribution in [2.45, 2.75) is 62.4 Å². The molecule has 0 spiro atoms. The zero-order chi connectivity index (χ0) is 19.8. The molecule has 7 nitrogen and oxygen atoms in total. The first-order chi connectivity index (χ1) is 13.6. The Labute approximate surface area is 176 Å². The maximum absolute atomic E-state index is 12.2. The van der Waals surface area contributed by atoms with E-state index in [-0.39, 0.29) is 12.0 Å². The SMILES string of the molecule is CC(C)CN1CCOC(CNC(=O)CSc2nnc(NC3CCCCC3)s2)C1. The van der Waals surface area contributed by atoms with E-state index in [1.165, 1.54) is 55.2 Å². The van der Waals surface area contributed by atoms with Crippen LogP contribution in [0.1, 0.15) is 46.0 Å². The van der Waals surface area contributed by atoms with Gasteiger partial charge < -0.3 is 15.4 Å². The van der Waals surface area contributed by atoms with Crippen LogP contribution in [-0.2, 0) is 9.53 Å². The Balaban J connectivity index is 1.33. The number of thioether (sulfide) groups is 1. The Hall–Kier alpha value is -0.900. The maximum atomic E-state index is 12.2. The summed E-state index contributed by atoms with van der Waals surface area (Å²) in [5, 5.41) is 15.8. The summed E-state index contributed by atoms with van der Waals surface area (Å²) in [6.07, 6.45) is 6.42. The third-order valence-corrected chi connectivity index (χ3v) is 7.03. The molecule has 2 fully saturated rings. The summed E-state index contributed by atoms with van der Waals surface area (Å²) in [5.74, 6) is 1.03. The van der Waals surface area contributed by atoms with Crippen molar-refractivity contribution < 1.29 is 9.53 Å². The van der Waals surface area contributed by atoms with Gasteiger partial charge in [-0.05, 0) is 18.8 Å². The molecule has 1 aliphatic carbocycles. The van der Waals surface area contributed by atoms with Crippen LogP contribution in [0.3, 0.4) is 0 Å². The lowest BCUT2D eigenvalue weighted by atomic mass is 9.96. The number of carbonyl (C=O) groups excluding carboxylic acids is 1. The quantitative estimate of drug-likeness (QED) is 0.587. The third kappa shape index (κ3) is 7.50. The molecule has 1 aliphatic heterocycles. The van der Waals surface area contributed by atoms with Crippen molar-refractivity contribution in [1.82, 2.24) is 20.4 Å². The molecule has 3 rings (SSSR count). The summed E-state index contributed by atoms with van der Waals surface area (Å²) < 4.78 is 6.63. The predicted molar refractivity (Wildman–Crippen MR) is 115 cm³/mol. The lowest BCUT2D eigenvalue weighted by Gasteiger charge is -2.33. The average Bonchev–Trinajstić information content (AvgIpc) is 3.13. The van der Waals surface area contributed by atoms with Gasteiger partial charge in [0.05, 0.1) is 18.5 Å². The van der Waals surface area contributed by atoms with E-state index in [9.17, 15) is 4.79 Å². The predicted octanol–water partition coefficient (Wildman–Crippen LogP) is 2.85. The molecule has 0 aromatic carbocycles. The number of hydrogen-bond acceptors (Lipinski definition) is 8. The first kappa shape index (κ1) is 21.8. The molecule has 2 aliphatic rings. The molecule has 2 N–H and O–H groups in total. The summed E-state index contributed by atoms with van der Waals surface area (Å²) in [6, 6.07) is 0.522. The van der Waals surface area contributed by atoms with E-state index >= 15 is 0 Å². The highest BCUT2D eigenvalue weighted by atomic mass is 32.2. The molecule has 1 aromatic heterocycles. The molecular formula is C19H33N5O2S2. The highest BCUT2D eigenvalue weighted by Gasteiger charge is 2.21. The van der Waals surface area contributed by atoms with Crippen LogP contribution in [0.5, 0.6) is 0 Å². The van der Waals surface area contributed by atoms with E-state index in [0.29, 0.717) is 24.3 Å². The molecule has 0 radical (unpaired) electrons. The number of rotatable bonds is 9. The van der Waals surface area contributed by atoms with Crippen LogP contribution in [-0.4, -0.2) is 71.7 Å². The van der Waals surface area contributed by atoms with E-state index in [0.717, 1.165) is 35.7 Å². The second kappa shape index (κ2) is 11.3. The Bertz CT molecular complexity index is 607. The van der Waals surface area contributed by atoms with E-state index in [2.05, 4.69) is 39.6 Å². The normalized spacial score (nSPS) is 21.8. The molecule has 0 bridgehead atoms. The van der Waals surface area contributed by atoms with Gasteiger partial charge in [0.1, 0.15) is 0 Å². The fourth-order valence-electron chi connectivity index (χ4n) is 3.74. The molecule has 1 atom stereocenters. The molecule has 2 heterocycles. The number of anilines is 1. The lowest BCUT2D eigenvalue weighted by Crippen LogP contribution is -2.48. The van der Waals surface area contributed by atoms with E-state index in [1.54, 1.807) is 0 Å². The summed E-state index contributed by atoms with van der Waals surface area (Å²) in [6.45, 7) is 8.71. The summed E-state index contributed by atoms with van der Waals surface area (Å²) in [4.78, 5) is 14.6. The molecule has 1 saturated heterocycles. The van der Waals surface area contributed by atoms with Gasteiger partial charge in [-0.3, -0.25) is 9.69 Å². The monoisotopic (exact) mass is 427 g/mol. The van der Waals surface area contributed by atoms with Gasteiger partial charge in [0.2, 0.25) is 11.0 Å². The standard InChI is InChI=1S/C19H33N5O2S2/c1-14(2)11-24-8-9-26-16(12-24)10-20-17(25)13-27-19-23-22-18(28-19)21-15-6-4-3-5-7-15/h14-16H,3-13H2,1-2H3,(H,20,25)(H,21,22). The summed E-state index contributed by atoms with van der Waals surface area (Å²) in [5.41, 5.74) is 0. The second-order valence-electron chi connectivity index (χ2n) is 8.09. The molecule has 1 saturated carbocycles. The first-order valence-electron chi connectivity index (χ1n) is 10.4. The lowest BCUT2D eigenvalue weighted by molar-refractivity contribution is -0.119. The van der Waals surface area contributed by atoms with Crippen LogP contribution < -0.4 is 10.6 Å². The van der Waals surface area contributed by atoms with Crippen molar-refractivity contribution >= 4 is 34.1 Å². The number of morpholine rings is 1. The van der Waals surface area contributed by atoms with Gasteiger partial charge in [-0.25, -0.2) is 0 Å². The average molecular weight is 428 g/mol. The van der Waals surface area contributed by atoms with E-state index < -0.39 is 0 Å². The maximum Gasteiger partial charge on any atom is 0.230 e. The molecular weight excluding hydrogens is 394 g/mol. The third-order valence-electron chi connectivity index (χ3n) is 5.04. The van der Waals surface area contributed by atoms with Gasteiger partial charge in [0.15, 0.2) is 4.34 Å². The number of carbonyl (C=O) groups is 1. The number of nitrogens with one attached hydrogen (secondary N) is 2. The van der Waals surface area contributed by atoms with Gasteiger partial charge in [-0.15, -0.1) is 10.2 Å². The highest BCUT2D eigenvalue weighted by molar-refractivity contribution is 8.01. The molecule has 28 heavy (non-hydrogen) atoms. The number of nitrogens with zero attached hydrogens (tertiary/aromatic N) is 3. The van der Waals surface area contributed by atoms with Crippen LogP contribution in [0.15, 0.2) is 4.34 Å². The van der Waals surface area contributed by atoms with Gasteiger partial charge in [-0.2, -0.15) is 0 Å². The minimum Gasteiger partial charge on any atom is -0.374 e. The number of aromatic nitrogens is 2. The van der Waals surface area contributed by atoms with Crippen molar-refractivity contribution in [3.05, 3.63) is 0 Å². The molecule has 1 amide bonds. The zero-order valence-electron chi connectivity index (χ0n) is 17.0. The Morgan fingerprint density at radius 3 is 2.93 bits per heavy atom. The number of ether oxygens (including phenoxy) is 1. The molecule has 9 heteroatoms. The van der Waals surface area contributed by atoms with Crippen LogP contribution in [0.4, 0.5) is 5.13 Å². The summed E-state index contributed by atoms with van der Waals surface area (Å²) >= 11 is 2.99. The Morgan fingerprint density at radius 1 is 1.32 bits per heavy atom. The molecule has 1 unspecified atom stereocenters. The van der Waals surface area contributed by atoms with Crippen molar-refractivity contribution in [3.63, 3.8) is 0 Å². The van der Waals surface area contributed by atoms with Gasteiger partial charge in [0, 0.05) is 32.2 Å². The summed E-state index contributed by atoms with van der Waals surface area (Å²) in [7, 11) is 0. The Morgan fingerprint density at radius 2 is 2.14 bits per heavy atom. The van der Waals surface area contributed by atoms with Gasteiger partial charge in [0.25, 0.3) is 0 Å². The minimum atomic E-state index is 0.0200. The molecule has 1 aromatic rings. The second-order valence-corrected chi connectivity index (χ2v) is 10.3. The van der Waals surface area contributed by atoms with E-state index in [1.807, 2.05) is 0 Å². The van der Waals surface area contributed by atoms with Crippen LogP contribution in [0.25, 0.3) is 0 Å². The van der Waals surface area contributed by atoms with Crippen molar-refractivity contribution in [1.29, 1.82) is 0 Å². The fourth-order valence-corrected chi connectivity index (χ4v) is 5.40. The molecule has 158 valence electrons.